The number of amides is 1. The highest BCUT2D eigenvalue weighted by Gasteiger charge is 2.20. The third kappa shape index (κ3) is 4.98. The number of aromatic nitrogens is 2. The molecule has 1 saturated heterocycles. The highest BCUT2D eigenvalue weighted by molar-refractivity contribution is 6.31. The fourth-order valence-electron chi connectivity index (χ4n) is 4.10. The van der Waals surface area contributed by atoms with Crippen LogP contribution in [-0.4, -0.2) is 47.5 Å². The lowest BCUT2D eigenvalue weighted by molar-refractivity contribution is -0.115. The second kappa shape index (κ2) is 10.2. The molecule has 0 aliphatic carbocycles. The van der Waals surface area contributed by atoms with Gasteiger partial charge >= 0.3 is 0 Å². The monoisotopic (exact) mass is 469 g/mol. The maximum atomic E-state index is 13.7. The Kier molecular flexibility index (Phi) is 7.17. The van der Waals surface area contributed by atoms with Gasteiger partial charge in [0.25, 0.3) is 5.91 Å². The van der Waals surface area contributed by atoms with Gasteiger partial charge in [-0.1, -0.05) is 24.1 Å². The molecule has 0 radical (unpaired) electrons. The summed E-state index contributed by atoms with van der Waals surface area (Å²) in [7, 11) is 1.54. The molecule has 2 aromatic carbocycles. The van der Waals surface area contributed by atoms with Crippen LogP contribution in [0.4, 0.5) is 4.39 Å². The maximum Gasteiger partial charge on any atom is 0.265 e. The predicted octanol–water partition coefficient (Wildman–Crippen LogP) is 3.96. The zero-order valence-corrected chi connectivity index (χ0v) is 19.0. The van der Waals surface area contributed by atoms with E-state index in [-0.39, 0.29) is 5.02 Å². The van der Waals surface area contributed by atoms with Crippen LogP contribution in [0.25, 0.3) is 27.7 Å². The molecule has 0 saturated carbocycles. The van der Waals surface area contributed by atoms with Crippen molar-refractivity contribution in [2.45, 2.75) is 19.3 Å². The number of halogens is 2. The van der Waals surface area contributed by atoms with Gasteiger partial charge in [-0.2, -0.15) is 0 Å². The highest BCUT2D eigenvalue weighted by Crippen LogP contribution is 2.35. The number of ether oxygens (including phenoxy) is 1. The van der Waals surface area contributed by atoms with Gasteiger partial charge in [0.05, 0.1) is 23.3 Å². The molecule has 9 heteroatoms. The lowest BCUT2D eigenvalue weighted by Crippen LogP contribution is -2.33. The van der Waals surface area contributed by atoms with E-state index in [9.17, 15) is 9.18 Å². The Bertz CT molecular complexity index is 1210. The number of hydrogen-bond donors (Lipinski definition) is 2. The van der Waals surface area contributed by atoms with Crippen LogP contribution in [0.3, 0.4) is 0 Å². The van der Waals surface area contributed by atoms with Gasteiger partial charge in [0, 0.05) is 34.7 Å². The van der Waals surface area contributed by atoms with Crippen molar-refractivity contribution in [1.82, 2.24) is 20.3 Å². The molecular weight excluding hydrogens is 445 g/mol. The van der Waals surface area contributed by atoms with Crippen LogP contribution in [0.5, 0.6) is 5.75 Å². The van der Waals surface area contributed by atoms with Crippen molar-refractivity contribution in [1.29, 1.82) is 0 Å². The van der Waals surface area contributed by atoms with Crippen LogP contribution in [0.15, 0.2) is 42.7 Å². The molecule has 0 bridgehead atoms. The Morgan fingerprint density at radius 2 is 2.03 bits per heavy atom. The van der Waals surface area contributed by atoms with Gasteiger partial charge in [0.15, 0.2) is 0 Å². The summed E-state index contributed by atoms with van der Waals surface area (Å²) >= 11 is 6.00. The quantitative estimate of drug-likeness (QED) is 0.246. The molecule has 1 aromatic heterocycles. The first-order chi connectivity index (χ1) is 16.0. The SMILES string of the molecule is COc1cc2ncnc(-c3ccc(F)c(Cl)c3)c2cc1/C(=C/CN1CCCCC1)C(=O)NN. The smallest absolute Gasteiger partial charge is 0.265 e. The second-order valence-corrected chi connectivity index (χ2v) is 8.28. The summed E-state index contributed by atoms with van der Waals surface area (Å²) in [5.41, 5.74) is 5.01. The molecule has 1 aliphatic rings. The Balaban J connectivity index is 1.85. The van der Waals surface area contributed by atoms with E-state index in [1.807, 2.05) is 6.08 Å². The summed E-state index contributed by atoms with van der Waals surface area (Å²) < 4.78 is 19.3. The molecule has 4 rings (SSSR count). The molecule has 1 fully saturated rings. The molecule has 0 atom stereocenters. The number of piperidine rings is 1. The lowest BCUT2D eigenvalue weighted by Gasteiger charge is -2.25. The standard InChI is InChI=1S/C24H25ClFN5O2/c1-33-22-13-21-18(23(29-14-28-21)15-5-6-20(26)19(25)11-15)12-17(22)16(24(32)30-27)7-10-31-8-3-2-4-9-31/h5-7,11-14H,2-4,8-10,27H2,1H3,(H,30,32)/b16-7-. The molecule has 0 unspecified atom stereocenters. The number of carbonyl (C=O) groups excluding carboxylic acids is 1. The van der Waals surface area contributed by atoms with E-state index in [0.717, 1.165) is 25.9 Å². The van der Waals surface area contributed by atoms with Crippen molar-refractivity contribution < 1.29 is 13.9 Å². The van der Waals surface area contributed by atoms with Gasteiger partial charge in [-0.15, -0.1) is 0 Å². The van der Waals surface area contributed by atoms with Crippen LogP contribution in [-0.2, 0) is 4.79 Å². The average Bonchev–Trinajstić information content (AvgIpc) is 2.85. The number of likely N-dealkylation sites (tertiary alicyclic amines) is 1. The van der Waals surface area contributed by atoms with Gasteiger partial charge in [0.1, 0.15) is 17.9 Å². The van der Waals surface area contributed by atoms with Crippen LogP contribution in [0.2, 0.25) is 5.02 Å². The van der Waals surface area contributed by atoms with Crippen molar-refractivity contribution >= 4 is 34.0 Å². The molecule has 2 heterocycles. The number of carbonyl (C=O) groups is 1. The van der Waals surface area contributed by atoms with Crippen LogP contribution < -0.4 is 16.0 Å². The van der Waals surface area contributed by atoms with Crippen molar-refractivity contribution in [3.63, 3.8) is 0 Å². The first-order valence-electron chi connectivity index (χ1n) is 10.7. The maximum absolute atomic E-state index is 13.7. The van der Waals surface area contributed by atoms with E-state index >= 15 is 0 Å². The summed E-state index contributed by atoms with van der Waals surface area (Å²) in [4.78, 5) is 23.8. The zero-order valence-electron chi connectivity index (χ0n) is 18.3. The van der Waals surface area contributed by atoms with Crippen molar-refractivity contribution in [3.8, 4) is 17.0 Å². The number of fused-ring (bicyclic) bond motifs is 1. The molecule has 172 valence electrons. The summed E-state index contributed by atoms with van der Waals surface area (Å²) in [5.74, 6) is 5.06. The van der Waals surface area contributed by atoms with Crippen LogP contribution in [0, 0.1) is 5.82 Å². The van der Waals surface area contributed by atoms with Crippen molar-refractivity contribution in [2.24, 2.45) is 5.84 Å². The summed E-state index contributed by atoms with van der Waals surface area (Å²) in [6.45, 7) is 2.61. The van der Waals surface area contributed by atoms with E-state index in [0.29, 0.717) is 45.6 Å². The van der Waals surface area contributed by atoms with Crippen molar-refractivity contribution in [2.75, 3.05) is 26.7 Å². The molecule has 0 spiro atoms. The fraction of sp³-hybridized carbons (Fsp3) is 0.292. The van der Waals surface area contributed by atoms with E-state index in [4.69, 9.17) is 22.2 Å². The zero-order chi connectivity index (χ0) is 23.4. The average molecular weight is 470 g/mol. The van der Waals surface area contributed by atoms with Crippen LogP contribution in [0.1, 0.15) is 24.8 Å². The third-order valence-corrected chi connectivity index (χ3v) is 6.11. The lowest BCUT2D eigenvalue weighted by atomic mass is 9.98. The first-order valence-corrected chi connectivity index (χ1v) is 11.1. The topological polar surface area (TPSA) is 93.4 Å². The molecule has 1 amide bonds. The van der Waals surface area contributed by atoms with Gasteiger partial charge in [-0.05, 0) is 50.2 Å². The van der Waals surface area contributed by atoms with Gasteiger partial charge in [0.2, 0.25) is 0 Å². The molecule has 3 N–H and O–H groups in total. The number of hydrogen-bond acceptors (Lipinski definition) is 6. The van der Waals surface area contributed by atoms with E-state index in [1.165, 1.54) is 32.0 Å². The number of nitrogens with zero attached hydrogens (tertiary/aromatic N) is 3. The number of rotatable bonds is 6. The minimum Gasteiger partial charge on any atom is -0.496 e. The number of methoxy groups -OCH3 is 1. The van der Waals surface area contributed by atoms with E-state index in [2.05, 4.69) is 20.3 Å². The predicted molar refractivity (Wildman–Crippen MR) is 127 cm³/mol. The Labute approximate surface area is 196 Å². The Morgan fingerprint density at radius 1 is 1.24 bits per heavy atom. The minimum absolute atomic E-state index is 0.00220. The van der Waals surface area contributed by atoms with Gasteiger partial charge < -0.3 is 4.74 Å². The molecule has 3 aromatic rings. The molecule has 7 nitrogen and oxygen atoms in total. The number of benzene rings is 2. The Morgan fingerprint density at radius 3 is 2.73 bits per heavy atom. The fourth-order valence-corrected chi connectivity index (χ4v) is 4.28. The summed E-state index contributed by atoms with van der Waals surface area (Å²) in [6, 6.07) is 7.97. The van der Waals surface area contributed by atoms with Gasteiger partial charge in [-0.3, -0.25) is 15.1 Å². The minimum atomic E-state index is -0.510. The van der Waals surface area contributed by atoms with Crippen LogP contribution >= 0.6 is 11.6 Å². The normalized spacial score (nSPS) is 15.0. The van der Waals surface area contributed by atoms with Gasteiger partial charge in [-0.25, -0.2) is 20.2 Å². The van der Waals surface area contributed by atoms with Crippen molar-refractivity contribution in [3.05, 3.63) is 59.1 Å². The third-order valence-electron chi connectivity index (χ3n) is 5.82. The number of nitrogens with two attached hydrogens (primary N) is 1. The van der Waals surface area contributed by atoms with E-state index in [1.54, 1.807) is 18.2 Å². The second-order valence-electron chi connectivity index (χ2n) is 7.87. The summed E-state index contributed by atoms with van der Waals surface area (Å²) in [5, 5.41) is 0.669. The molecule has 1 aliphatic heterocycles. The number of nitrogens with one attached hydrogen (secondary N) is 1. The largest absolute Gasteiger partial charge is 0.496 e. The Hall–Kier alpha value is -3.07. The molecule has 33 heavy (non-hydrogen) atoms. The number of hydrazine groups is 1. The first kappa shape index (κ1) is 23.1. The molecular formula is C24H25ClFN5O2. The summed E-state index contributed by atoms with van der Waals surface area (Å²) in [6.07, 6.45) is 6.81. The van der Waals surface area contributed by atoms with E-state index < -0.39 is 11.7 Å². The highest BCUT2D eigenvalue weighted by atomic mass is 35.5.